The van der Waals surface area contributed by atoms with Crippen LogP contribution in [0.5, 0.6) is 0 Å². The van der Waals surface area contributed by atoms with E-state index in [1.807, 2.05) is 33.2 Å². The van der Waals surface area contributed by atoms with Crippen molar-refractivity contribution < 1.29 is 9.59 Å². The van der Waals surface area contributed by atoms with Crippen molar-refractivity contribution in [2.24, 2.45) is 11.8 Å². The van der Waals surface area contributed by atoms with Gasteiger partial charge >= 0.3 is 0 Å². The Morgan fingerprint density at radius 1 is 1.32 bits per heavy atom. The van der Waals surface area contributed by atoms with E-state index >= 15 is 0 Å². The van der Waals surface area contributed by atoms with Crippen LogP contribution >= 0.6 is 11.3 Å². The minimum absolute atomic E-state index is 0.191. The van der Waals surface area contributed by atoms with Gasteiger partial charge in [-0.05, 0) is 56.7 Å². The fraction of sp³-hybridized carbons (Fsp3) is 0.684. The summed E-state index contributed by atoms with van der Waals surface area (Å²) in [5.41, 5.74) is 0. The number of carbonyl (C=O) groups excluding carboxylic acids is 2. The molecule has 25 heavy (non-hydrogen) atoms. The number of aryl methyl sites for hydroxylation is 1. The number of amides is 2. The first-order valence-corrected chi connectivity index (χ1v) is 10.0. The minimum Gasteiger partial charge on any atom is -0.349 e. The zero-order chi connectivity index (χ0) is 18.0. The van der Waals surface area contributed by atoms with Gasteiger partial charge in [0.1, 0.15) is 0 Å². The van der Waals surface area contributed by atoms with Crippen LogP contribution in [0, 0.1) is 18.8 Å². The third-order valence-electron chi connectivity index (χ3n) is 5.45. The van der Waals surface area contributed by atoms with Crippen molar-refractivity contribution in [3.63, 3.8) is 0 Å². The maximum atomic E-state index is 12.8. The number of rotatable bonds is 5. The smallest absolute Gasteiger partial charge is 0.263 e. The molecule has 2 saturated heterocycles. The first kappa shape index (κ1) is 18.4. The molecule has 1 N–H and O–H groups in total. The van der Waals surface area contributed by atoms with Crippen molar-refractivity contribution in [2.45, 2.75) is 38.6 Å². The molecule has 0 spiro atoms. The predicted octanol–water partition coefficient (Wildman–Crippen LogP) is 2.37. The van der Waals surface area contributed by atoms with Gasteiger partial charge in [0.25, 0.3) is 5.91 Å². The van der Waals surface area contributed by atoms with E-state index in [4.69, 9.17) is 0 Å². The predicted molar refractivity (Wildman–Crippen MR) is 101 cm³/mol. The highest BCUT2D eigenvalue weighted by atomic mass is 32.1. The molecule has 3 heterocycles. The third kappa shape index (κ3) is 4.42. The summed E-state index contributed by atoms with van der Waals surface area (Å²) in [6.07, 6.45) is 3.73. The van der Waals surface area contributed by atoms with Crippen molar-refractivity contribution in [1.29, 1.82) is 0 Å². The fourth-order valence-electron chi connectivity index (χ4n) is 4.08. The number of fused-ring (bicyclic) bond motifs is 2. The van der Waals surface area contributed by atoms with E-state index < -0.39 is 0 Å². The van der Waals surface area contributed by atoms with Crippen molar-refractivity contribution in [1.82, 2.24) is 15.1 Å². The Kier molecular flexibility index (Phi) is 5.79. The molecule has 2 amide bonds. The van der Waals surface area contributed by atoms with Gasteiger partial charge in [-0.15, -0.1) is 11.3 Å². The summed E-state index contributed by atoms with van der Waals surface area (Å²) >= 11 is 1.59. The summed E-state index contributed by atoms with van der Waals surface area (Å²) in [6, 6.07) is 4.40. The van der Waals surface area contributed by atoms with Gasteiger partial charge in [-0.25, -0.2) is 0 Å². The number of thiophene rings is 1. The highest BCUT2D eigenvalue weighted by Gasteiger charge is 2.38. The van der Waals surface area contributed by atoms with E-state index in [1.165, 1.54) is 11.3 Å². The highest BCUT2D eigenvalue weighted by molar-refractivity contribution is 7.13. The molecule has 2 aliphatic heterocycles. The van der Waals surface area contributed by atoms with Gasteiger partial charge in [0.05, 0.1) is 4.88 Å². The number of hydrogen-bond donors (Lipinski definition) is 1. The number of piperidine rings is 2. The Balaban J connectivity index is 1.56. The maximum absolute atomic E-state index is 12.8. The third-order valence-corrected chi connectivity index (χ3v) is 6.44. The molecule has 2 unspecified atom stereocenters. The molecule has 2 fully saturated rings. The van der Waals surface area contributed by atoms with Crippen LogP contribution in [0.15, 0.2) is 12.1 Å². The van der Waals surface area contributed by atoms with Gasteiger partial charge in [-0.2, -0.15) is 0 Å². The van der Waals surface area contributed by atoms with Crippen LogP contribution in [-0.4, -0.2) is 61.4 Å². The number of nitrogens with zero attached hydrogens (tertiary/aromatic N) is 2. The van der Waals surface area contributed by atoms with Gasteiger partial charge in [0.2, 0.25) is 5.91 Å². The summed E-state index contributed by atoms with van der Waals surface area (Å²) < 4.78 is 0. The second-order valence-corrected chi connectivity index (χ2v) is 8.97. The van der Waals surface area contributed by atoms with E-state index in [0.717, 1.165) is 37.4 Å². The molecule has 0 saturated carbocycles. The Hall–Kier alpha value is -1.40. The zero-order valence-corrected chi connectivity index (χ0v) is 16.3. The van der Waals surface area contributed by atoms with Crippen molar-refractivity contribution in [3.05, 3.63) is 21.9 Å². The Morgan fingerprint density at radius 2 is 2.12 bits per heavy atom. The molecule has 0 aromatic carbocycles. The molecule has 3 rings (SSSR count). The number of carbonyl (C=O) groups is 2. The second kappa shape index (κ2) is 7.87. The van der Waals surface area contributed by atoms with Crippen LogP contribution in [0.25, 0.3) is 0 Å². The summed E-state index contributed by atoms with van der Waals surface area (Å²) in [7, 11) is 3.62. The standard InChI is InChI=1S/C19H29N3O2S/c1-13-7-8-17(25-13)19(24)22-11-14-9-15(12-22)16(20-10-14)5-4-6-18(23)21(2)3/h7-8,14-16,20H,4-6,9-12H2,1-3H3/t14?,15?,16-/m1/s1. The van der Waals surface area contributed by atoms with E-state index in [9.17, 15) is 9.59 Å². The van der Waals surface area contributed by atoms with E-state index in [-0.39, 0.29) is 11.8 Å². The average molecular weight is 364 g/mol. The Labute approximate surface area is 154 Å². The van der Waals surface area contributed by atoms with Gasteiger partial charge < -0.3 is 15.1 Å². The molecule has 6 heteroatoms. The van der Waals surface area contributed by atoms with E-state index in [2.05, 4.69) is 10.2 Å². The van der Waals surface area contributed by atoms with Crippen molar-refractivity contribution in [3.8, 4) is 0 Å². The molecule has 2 aliphatic rings. The zero-order valence-electron chi connectivity index (χ0n) is 15.5. The number of hydrogen-bond acceptors (Lipinski definition) is 4. The summed E-state index contributed by atoms with van der Waals surface area (Å²) in [5.74, 6) is 1.45. The lowest BCUT2D eigenvalue weighted by Gasteiger charge is -2.46. The molecular formula is C19H29N3O2S. The van der Waals surface area contributed by atoms with E-state index in [0.29, 0.717) is 24.3 Å². The van der Waals surface area contributed by atoms with Gasteiger partial charge in [-0.3, -0.25) is 9.59 Å². The first-order valence-electron chi connectivity index (χ1n) is 9.23. The Morgan fingerprint density at radius 3 is 2.80 bits per heavy atom. The van der Waals surface area contributed by atoms with Crippen molar-refractivity contribution >= 4 is 23.2 Å². The molecule has 3 atom stereocenters. The molecule has 0 radical (unpaired) electrons. The summed E-state index contributed by atoms with van der Waals surface area (Å²) in [5, 5.41) is 3.67. The van der Waals surface area contributed by atoms with Crippen LogP contribution in [0.4, 0.5) is 0 Å². The molecule has 1 aromatic rings. The quantitative estimate of drug-likeness (QED) is 0.874. The maximum Gasteiger partial charge on any atom is 0.263 e. The molecule has 138 valence electrons. The largest absolute Gasteiger partial charge is 0.349 e. The number of nitrogens with one attached hydrogen (secondary N) is 1. The van der Waals surface area contributed by atoms with Gasteiger partial charge in [0, 0.05) is 44.5 Å². The van der Waals surface area contributed by atoms with Gasteiger partial charge in [0.15, 0.2) is 0 Å². The van der Waals surface area contributed by atoms with Crippen LogP contribution < -0.4 is 5.32 Å². The molecule has 2 bridgehead atoms. The average Bonchev–Trinajstić information content (AvgIpc) is 3.02. The monoisotopic (exact) mass is 363 g/mol. The molecule has 0 aliphatic carbocycles. The van der Waals surface area contributed by atoms with E-state index in [1.54, 1.807) is 16.2 Å². The van der Waals surface area contributed by atoms with Crippen LogP contribution in [0.3, 0.4) is 0 Å². The highest BCUT2D eigenvalue weighted by Crippen LogP contribution is 2.31. The number of likely N-dealkylation sites (tertiary alicyclic amines) is 1. The fourth-order valence-corrected chi connectivity index (χ4v) is 4.91. The second-order valence-electron chi connectivity index (χ2n) is 7.68. The summed E-state index contributed by atoms with van der Waals surface area (Å²) in [6.45, 7) is 4.73. The normalized spacial score (nSPS) is 25.7. The van der Waals surface area contributed by atoms with Gasteiger partial charge in [-0.1, -0.05) is 0 Å². The summed E-state index contributed by atoms with van der Waals surface area (Å²) in [4.78, 5) is 30.3. The topological polar surface area (TPSA) is 52.7 Å². The lowest BCUT2D eigenvalue weighted by atomic mass is 9.79. The molecular weight excluding hydrogens is 334 g/mol. The van der Waals surface area contributed by atoms with Crippen LogP contribution in [0.2, 0.25) is 0 Å². The first-order chi connectivity index (χ1) is 11.9. The molecule has 5 nitrogen and oxygen atoms in total. The lowest BCUT2D eigenvalue weighted by Crippen LogP contribution is -2.57. The SMILES string of the molecule is Cc1ccc(C(=O)N2CC3CN[C@H](CCCC(=O)N(C)C)C(C3)C2)s1. The lowest BCUT2D eigenvalue weighted by molar-refractivity contribution is -0.128. The van der Waals surface area contributed by atoms with Crippen LogP contribution in [-0.2, 0) is 4.79 Å². The molecule has 1 aromatic heterocycles. The van der Waals surface area contributed by atoms with Crippen molar-refractivity contribution in [2.75, 3.05) is 33.7 Å². The Bertz CT molecular complexity index is 628. The minimum atomic E-state index is 0.191. The van der Waals surface area contributed by atoms with Crippen LogP contribution in [0.1, 0.15) is 40.2 Å².